The molecule has 0 aliphatic rings. The molecule has 2 rings (SSSR count). The average molecular weight is 383 g/mol. The van der Waals surface area contributed by atoms with E-state index in [1.54, 1.807) is 24.3 Å². The number of rotatable bonds is 6. The summed E-state index contributed by atoms with van der Waals surface area (Å²) in [6, 6.07) is 6.65. The third kappa shape index (κ3) is 5.58. The van der Waals surface area contributed by atoms with Crippen molar-refractivity contribution in [1.29, 1.82) is 0 Å². The molecule has 0 aliphatic carbocycles. The highest BCUT2D eigenvalue weighted by Gasteiger charge is 2.22. The summed E-state index contributed by atoms with van der Waals surface area (Å²) in [4.78, 5) is 12.1. The molecular weight excluding hydrogens is 360 g/mol. The molecular formula is C16H22N4O3S2. The Bertz CT molecular complexity index is 837. The minimum Gasteiger partial charge on any atom is -0.300 e. The van der Waals surface area contributed by atoms with Crippen molar-refractivity contribution in [3.63, 3.8) is 0 Å². The van der Waals surface area contributed by atoms with Gasteiger partial charge in [0.1, 0.15) is 5.01 Å². The van der Waals surface area contributed by atoms with Gasteiger partial charge in [-0.2, -0.15) is 0 Å². The van der Waals surface area contributed by atoms with Gasteiger partial charge in [0.25, 0.3) is 0 Å². The number of benzene rings is 1. The largest absolute Gasteiger partial charge is 0.300 e. The van der Waals surface area contributed by atoms with Crippen molar-refractivity contribution in [2.24, 2.45) is 5.41 Å². The van der Waals surface area contributed by atoms with E-state index in [4.69, 9.17) is 0 Å². The van der Waals surface area contributed by atoms with Gasteiger partial charge in [0, 0.05) is 18.4 Å². The Hall–Kier alpha value is -1.84. The van der Waals surface area contributed by atoms with Crippen molar-refractivity contribution >= 4 is 32.4 Å². The van der Waals surface area contributed by atoms with Crippen LogP contribution in [0.25, 0.3) is 0 Å². The van der Waals surface area contributed by atoms with Crippen molar-refractivity contribution in [3.05, 3.63) is 34.8 Å². The third-order valence-corrected chi connectivity index (χ3v) is 5.71. The number of amides is 1. The molecule has 0 aliphatic heterocycles. The Labute approximate surface area is 151 Å². The first kappa shape index (κ1) is 19.5. The van der Waals surface area contributed by atoms with Gasteiger partial charge in [0.2, 0.25) is 21.1 Å². The molecule has 9 heteroatoms. The zero-order valence-corrected chi connectivity index (χ0v) is 16.3. The van der Waals surface area contributed by atoms with Gasteiger partial charge in [-0.1, -0.05) is 49.8 Å². The number of anilines is 1. The van der Waals surface area contributed by atoms with Crippen LogP contribution in [0, 0.1) is 12.3 Å². The highest BCUT2D eigenvalue weighted by Crippen LogP contribution is 2.20. The Morgan fingerprint density at radius 3 is 2.40 bits per heavy atom. The van der Waals surface area contributed by atoms with E-state index in [1.165, 1.54) is 11.3 Å². The van der Waals surface area contributed by atoms with Gasteiger partial charge in [0.15, 0.2) is 0 Å². The van der Waals surface area contributed by atoms with Crippen LogP contribution in [0.2, 0.25) is 0 Å². The fourth-order valence-electron chi connectivity index (χ4n) is 1.78. The van der Waals surface area contributed by atoms with Crippen LogP contribution in [-0.2, 0) is 21.2 Å². The minimum atomic E-state index is -3.54. The number of aromatic nitrogens is 2. The number of aryl methyl sites for hydroxylation is 1. The van der Waals surface area contributed by atoms with E-state index >= 15 is 0 Å². The number of nitrogens with one attached hydrogen (secondary N) is 2. The lowest BCUT2D eigenvalue weighted by Crippen LogP contribution is -2.27. The zero-order valence-electron chi connectivity index (χ0n) is 14.7. The molecule has 0 spiro atoms. The van der Waals surface area contributed by atoms with Crippen LogP contribution in [0.1, 0.15) is 31.3 Å². The van der Waals surface area contributed by atoms with Gasteiger partial charge in [-0.05, 0) is 19.1 Å². The van der Waals surface area contributed by atoms with Crippen LogP contribution in [0.4, 0.5) is 5.13 Å². The quantitative estimate of drug-likeness (QED) is 0.799. The predicted octanol–water partition coefficient (Wildman–Crippen LogP) is 2.35. The van der Waals surface area contributed by atoms with Gasteiger partial charge in [0.05, 0.1) is 4.90 Å². The number of nitrogens with zero attached hydrogens (tertiary/aromatic N) is 2. The number of hydrogen-bond acceptors (Lipinski definition) is 6. The van der Waals surface area contributed by atoms with Crippen molar-refractivity contribution in [2.45, 2.75) is 39.0 Å². The van der Waals surface area contributed by atoms with E-state index in [0.717, 1.165) is 5.56 Å². The minimum absolute atomic E-state index is 0.143. The Morgan fingerprint density at radius 2 is 1.80 bits per heavy atom. The van der Waals surface area contributed by atoms with Gasteiger partial charge in [-0.25, -0.2) is 13.1 Å². The van der Waals surface area contributed by atoms with Gasteiger partial charge >= 0.3 is 0 Å². The Balaban J connectivity index is 1.90. The van der Waals surface area contributed by atoms with Crippen LogP contribution in [0.3, 0.4) is 0 Å². The summed E-state index contributed by atoms with van der Waals surface area (Å²) in [6.45, 7) is 7.53. The zero-order chi connectivity index (χ0) is 18.7. The molecule has 0 saturated carbocycles. The maximum atomic E-state index is 12.2. The predicted molar refractivity (Wildman–Crippen MR) is 98.1 cm³/mol. The second kappa shape index (κ2) is 7.59. The van der Waals surface area contributed by atoms with Gasteiger partial charge in [-0.3, -0.25) is 4.79 Å². The number of sulfonamides is 1. The first-order chi connectivity index (χ1) is 11.6. The highest BCUT2D eigenvalue weighted by molar-refractivity contribution is 7.89. The molecule has 0 bridgehead atoms. The van der Waals surface area contributed by atoms with Crippen molar-refractivity contribution in [1.82, 2.24) is 14.9 Å². The molecule has 1 heterocycles. The fraction of sp³-hybridized carbons (Fsp3) is 0.438. The smallest absolute Gasteiger partial charge is 0.240 e. The summed E-state index contributed by atoms with van der Waals surface area (Å²) in [5.41, 5.74) is 0.479. The fourth-order valence-corrected chi connectivity index (χ4v) is 3.55. The lowest BCUT2D eigenvalue weighted by atomic mass is 9.96. The topological polar surface area (TPSA) is 101 Å². The molecule has 0 radical (unpaired) electrons. The maximum Gasteiger partial charge on any atom is 0.240 e. The van der Waals surface area contributed by atoms with E-state index < -0.39 is 15.4 Å². The van der Waals surface area contributed by atoms with E-state index in [2.05, 4.69) is 20.2 Å². The molecule has 0 fully saturated rings. The second-order valence-electron chi connectivity index (χ2n) is 6.67. The summed E-state index contributed by atoms with van der Waals surface area (Å²) in [5, 5.41) is 11.7. The molecule has 2 aromatic rings. The third-order valence-electron chi connectivity index (χ3n) is 3.33. The summed E-state index contributed by atoms with van der Waals surface area (Å²) in [7, 11) is -3.54. The summed E-state index contributed by atoms with van der Waals surface area (Å²) in [6.07, 6.45) is 0.397. The summed E-state index contributed by atoms with van der Waals surface area (Å²) >= 11 is 1.24. The Kier molecular flexibility index (Phi) is 5.91. The standard InChI is InChI=1S/C16H22N4O3S2/c1-11-5-7-12(8-6-11)25(22,23)17-10-9-13-19-20-15(24-13)18-14(21)16(2,3)4/h5-8,17H,9-10H2,1-4H3,(H,18,20,21). The normalized spacial score (nSPS) is 12.2. The molecule has 0 unspecified atom stereocenters. The van der Waals surface area contributed by atoms with Crippen LogP contribution in [0.5, 0.6) is 0 Å². The monoisotopic (exact) mass is 382 g/mol. The molecule has 25 heavy (non-hydrogen) atoms. The van der Waals surface area contributed by atoms with Crippen LogP contribution in [-0.4, -0.2) is 31.1 Å². The SMILES string of the molecule is Cc1ccc(S(=O)(=O)NCCc2nnc(NC(=O)C(C)(C)C)s2)cc1. The Morgan fingerprint density at radius 1 is 1.16 bits per heavy atom. The van der Waals surface area contributed by atoms with E-state index in [1.807, 2.05) is 27.7 Å². The van der Waals surface area contributed by atoms with Gasteiger partial charge in [-0.15, -0.1) is 10.2 Å². The van der Waals surface area contributed by atoms with Gasteiger partial charge < -0.3 is 5.32 Å². The molecule has 0 saturated heterocycles. The van der Waals surface area contributed by atoms with E-state index in [9.17, 15) is 13.2 Å². The van der Waals surface area contributed by atoms with E-state index in [0.29, 0.717) is 16.6 Å². The molecule has 1 aromatic carbocycles. The lowest BCUT2D eigenvalue weighted by molar-refractivity contribution is -0.123. The molecule has 0 atom stereocenters. The van der Waals surface area contributed by atoms with Crippen molar-refractivity contribution in [2.75, 3.05) is 11.9 Å². The molecule has 1 amide bonds. The van der Waals surface area contributed by atoms with Crippen LogP contribution >= 0.6 is 11.3 Å². The number of carbonyl (C=O) groups is 1. The van der Waals surface area contributed by atoms with Crippen molar-refractivity contribution in [3.8, 4) is 0 Å². The molecule has 2 N–H and O–H groups in total. The first-order valence-corrected chi connectivity index (χ1v) is 10.1. The summed E-state index contributed by atoms with van der Waals surface area (Å²) < 4.78 is 26.9. The molecule has 1 aromatic heterocycles. The second-order valence-corrected chi connectivity index (χ2v) is 9.49. The molecule has 136 valence electrons. The molecule has 7 nitrogen and oxygen atoms in total. The van der Waals surface area contributed by atoms with E-state index in [-0.39, 0.29) is 17.3 Å². The average Bonchev–Trinajstić information content (AvgIpc) is 2.94. The number of carbonyl (C=O) groups excluding carboxylic acids is 1. The highest BCUT2D eigenvalue weighted by atomic mass is 32.2. The lowest BCUT2D eigenvalue weighted by Gasteiger charge is -2.15. The first-order valence-electron chi connectivity index (χ1n) is 7.78. The maximum absolute atomic E-state index is 12.2. The van der Waals surface area contributed by atoms with Crippen LogP contribution in [0.15, 0.2) is 29.2 Å². The summed E-state index contributed by atoms with van der Waals surface area (Å²) in [5.74, 6) is -0.143. The van der Waals surface area contributed by atoms with Crippen LogP contribution < -0.4 is 10.0 Å². The number of hydrogen-bond donors (Lipinski definition) is 2. The van der Waals surface area contributed by atoms with Crippen molar-refractivity contribution < 1.29 is 13.2 Å².